The summed E-state index contributed by atoms with van der Waals surface area (Å²) < 4.78 is 5.24. The molecule has 4 aromatic rings. The zero-order valence-electron chi connectivity index (χ0n) is 16.4. The van der Waals surface area contributed by atoms with E-state index in [0.717, 1.165) is 11.1 Å². The quantitative estimate of drug-likeness (QED) is 0.464. The second-order valence-corrected chi connectivity index (χ2v) is 7.05. The molecule has 0 bridgehead atoms. The number of carbonyl (C=O) groups is 1. The molecular weight excluding hydrogens is 412 g/mol. The molecule has 2 heterocycles. The van der Waals surface area contributed by atoms with Crippen molar-refractivity contribution in [2.75, 3.05) is 5.32 Å². The second-order valence-electron chi connectivity index (χ2n) is 6.61. The van der Waals surface area contributed by atoms with E-state index in [2.05, 4.69) is 32.3 Å². The van der Waals surface area contributed by atoms with Crippen LogP contribution in [0, 0.1) is 11.8 Å². The lowest BCUT2D eigenvalue weighted by atomic mass is 10.2. The smallest absolute Gasteiger partial charge is 0.227 e. The zero-order valence-corrected chi connectivity index (χ0v) is 17.1. The zero-order chi connectivity index (χ0) is 21.5. The van der Waals surface area contributed by atoms with Crippen molar-refractivity contribution < 1.29 is 9.32 Å². The first kappa shape index (κ1) is 20.3. The van der Waals surface area contributed by atoms with Crippen LogP contribution in [-0.4, -0.2) is 21.0 Å². The highest BCUT2D eigenvalue weighted by atomic mass is 35.5. The molecule has 0 aliphatic heterocycles. The monoisotopic (exact) mass is 428 g/mol. The first-order valence-electron chi connectivity index (χ1n) is 9.57. The predicted octanol–water partition coefficient (Wildman–Crippen LogP) is 4.76. The standard InChI is InChI=1S/C24H17ClN4O2/c25-19-10-8-18(9-11-19)24-28-23(31-29-24)14-13-22(30)27-21-6-3-4-17(16-21)7-12-20-5-1-2-15-26-20/h1-6,8-11,15-16H,13-14H2,(H,27,30). The Morgan fingerprint density at radius 2 is 1.90 bits per heavy atom. The number of aryl methyl sites for hydroxylation is 1. The van der Waals surface area contributed by atoms with Gasteiger partial charge in [-0.2, -0.15) is 4.98 Å². The Hall–Kier alpha value is -3.95. The summed E-state index contributed by atoms with van der Waals surface area (Å²) in [4.78, 5) is 20.8. The average molecular weight is 429 g/mol. The van der Waals surface area contributed by atoms with Gasteiger partial charge in [0, 0.05) is 40.9 Å². The Morgan fingerprint density at radius 1 is 1.03 bits per heavy atom. The number of pyridine rings is 1. The van der Waals surface area contributed by atoms with Gasteiger partial charge in [0.25, 0.3) is 0 Å². The number of halogens is 1. The van der Waals surface area contributed by atoms with Gasteiger partial charge < -0.3 is 9.84 Å². The number of aromatic nitrogens is 3. The molecule has 7 heteroatoms. The van der Waals surface area contributed by atoms with Crippen LogP contribution in [-0.2, 0) is 11.2 Å². The van der Waals surface area contributed by atoms with Gasteiger partial charge in [-0.1, -0.05) is 34.8 Å². The number of nitrogens with one attached hydrogen (secondary N) is 1. The van der Waals surface area contributed by atoms with Crippen LogP contribution >= 0.6 is 11.6 Å². The Balaban J connectivity index is 1.33. The van der Waals surface area contributed by atoms with Crippen molar-refractivity contribution in [3.8, 4) is 23.2 Å². The molecule has 1 N–H and O–H groups in total. The van der Waals surface area contributed by atoms with Crippen molar-refractivity contribution in [2.24, 2.45) is 0 Å². The fourth-order valence-corrected chi connectivity index (χ4v) is 2.89. The van der Waals surface area contributed by atoms with Crippen molar-refractivity contribution in [3.63, 3.8) is 0 Å². The third kappa shape index (κ3) is 5.78. The minimum absolute atomic E-state index is 0.152. The fourth-order valence-electron chi connectivity index (χ4n) is 2.76. The second kappa shape index (κ2) is 9.70. The third-order valence-electron chi connectivity index (χ3n) is 4.28. The van der Waals surface area contributed by atoms with Crippen LogP contribution in [0.2, 0.25) is 5.02 Å². The maximum Gasteiger partial charge on any atom is 0.227 e. The van der Waals surface area contributed by atoms with Gasteiger partial charge in [0.1, 0.15) is 5.69 Å². The molecule has 152 valence electrons. The number of carbonyl (C=O) groups excluding carboxylic acids is 1. The summed E-state index contributed by atoms with van der Waals surface area (Å²) in [7, 11) is 0. The van der Waals surface area contributed by atoms with Crippen LogP contribution in [0.1, 0.15) is 23.6 Å². The number of nitrogens with zero attached hydrogens (tertiary/aromatic N) is 3. The first-order valence-corrected chi connectivity index (χ1v) is 9.95. The number of hydrogen-bond acceptors (Lipinski definition) is 5. The lowest BCUT2D eigenvalue weighted by molar-refractivity contribution is -0.116. The van der Waals surface area contributed by atoms with Crippen LogP contribution < -0.4 is 5.32 Å². The molecule has 6 nitrogen and oxygen atoms in total. The lowest BCUT2D eigenvalue weighted by Crippen LogP contribution is -2.12. The summed E-state index contributed by atoms with van der Waals surface area (Å²) >= 11 is 5.89. The fraction of sp³-hybridized carbons (Fsp3) is 0.0833. The van der Waals surface area contributed by atoms with Crippen molar-refractivity contribution in [1.82, 2.24) is 15.1 Å². The van der Waals surface area contributed by atoms with Gasteiger partial charge in [0.2, 0.25) is 17.6 Å². The van der Waals surface area contributed by atoms with E-state index in [-0.39, 0.29) is 12.3 Å². The number of rotatable bonds is 5. The molecule has 1 amide bonds. The lowest BCUT2D eigenvalue weighted by Gasteiger charge is -2.04. The molecule has 2 aromatic heterocycles. The molecule has 2 aromatic carbocycles. The van der Waals surface area contributed by atoms with Gasteiger partial charge in [-0.15, -0.1) is 0 Å². The summed E-state index contributed by atoms with van der Waals surface area (Å²) in [5.41, 5.74) is 2.94. The van der Waals surface area contributed by atoms with Crippen LogP contribution in [0.5, 0.6) is 0 Å². The van der Waals surface area contributed by atoms with E-state index in [1.54, 1.807) is 18.3 Å². The maximum atomic E-state index is 12.3. The van der Waals surface area contributed by atoms with E-state index in [0.29, 0.717) is 34.5 Å². The highest BCUT2D eigenvalue weighted by Crippen LogP contribution is 2.19. The molecule has 0 unspecified atom stereocenters. The van der Waals surface area contributed by atoms with Crippen molar-refractivity contribution in [3.05, 3.63) is 95.1 Å². The Bertz CT molecular complexity index is 1240. The number of anilines is 1. The van der Waals surface area contributed by atoms with E-state index in [1.165, 1.54) is 0 Å². The summed E-state index contributed by atoms with van der Waals surface area (Å²) in [5, 5.41) is 7.46. The molecule has 0 saturated heterocycles. The largest absolute Gasteiger partial charge is 0.339 e. The van der Waals surface area contributed by atoms with Crippen molar-refractivity contribution >= 4 is 23.2 Å². The summed E-state index contributed by atoms with van der Waals surface area (Å²) in [6.07, 6.45) is 2.25. The van der Waals surface area contributed by atoms with E-state index < -0.39 is 0 Å². The maximum absolute atomic E-state index is 12.3. The van der Waals surface area contributed by atoms with Gasteiger partial charge >= 0.3 is 0 Å². The average Bonchev–Trinajstić information content (AvgIpc) is 3.27. The molecule has 31 heavy (non-hydrogen) atoms. The van der Waals surface area contributed by atoms with Gasteiger partial charge in [0.15, 0.2) is 0 Å². The van der Waals surface area contributed by atoms with Gasteiger partial charge in [-0.3, -0.25) is 4.79 Å². The first-order chi connectivity index (χ1) is 15.2. The van der Waals surface area contributed by atoms with E-state index in [9.17, 15) is 4.79 Å². The molecule has 0 fully saturated rings. The van der Waals surface area contributed by atoms with Crippen LogP contribution in [0.15, 0.2) is 77.4 Å². The summed E-state index contributed by atoms with van der Waals surface area (Å²) in [5.74, 6) is 6.76. The molecule has 4 rings (SSSR count). The molecule has 0 atom stereocenters. The molecule has 0 aliphatic rings. The molecule has 0 radical (unpaired) electrons. The van der Waals surface area contributed by atoms with Crippen LogP contribution in [0.25, 0.3) is 11.4 Å². The highest BCUT2D eigenvalue weighted by molar-refractivity contribution is 6.30. The van der Waals surface area contributed by atoms with E-state index in [4.69, 9.17) is 16.1 Å². The summed E-state index contributed by atoms with van der Waals surface area (Å²) in [6, 6.07) is 20.1. The van der Waals surface area contributed by atoms with Crippen LogP contribution in [0.4, 0.5) is 5.69 Å². The Morgan fingerprint density at radius 3 is 2.71 bits per heavy atom. The Kier molecular flexibility index (Phi) is 6.36. The van der Waals surface area contributed by atoms with Gasteiger partial charge in [-0.05, 0) is 60.5 Å². The minimum atomic E-state index is -0.152. The van der Waals surface area contributed by atoms with Crippen molar-refractivity contribution in [1.29, 1.82) is 0 Å². The topological polar surface area (TPSA) is 80.9 Å². The summed E-state index contributed by atoms with van der Waals surface area (Å²) in [6.45, 7) is 0. The highest BCUT2D eigenvalue weighted by Gasteiger charge is 2.11. The minimum Gasteiger partial charge on any atom is -0.339 e. The normalized spacial score (nSPS) is 10.2. The third-order valence-corrected chi connectivity index (χ3v) is 4.53. The van der Waals surface area contributed by atoms with Crippen LogP contribution in [0.3, 0.4) is 0 Å². The van der Waals surface area contributed by atoms with Crippen molar-refractivity contribution in [2.45, 2.75) is 12.8 Å². The Labute approximate surface area is 184 Å². The number of amides is 1. The molecular formula is C24H17ClN4O2. The molecule has 0 aliphatic carbocycles. The van der Waals surface area contributed by atoms with E-state index in [1.807, 2.05) is 54.6 Å². The van der Waals surface area contributed by atoms with Gasteiger partial charge in [-0.25, -0.2) is 4.98 Å². The number of benzene rings is 2. The van der Waals surface area contributed by atoms with E-state index >= 15 is 0 Å². The number of hydrogen-bond donors (Lipinski definition) is 1. The van der Waals surface area contributed by atoms with Gasteiger partial charge in [0.05, 0.1) is 0 Å². The SMILES string of the molecule is O=C(CCc1nc(-c2ccc(Cl)cc2)no1)Nc1cccc(C#Cc2ccccn2)c1. The molecule has 0 spiro atoms. The predicted molar refractivity (Wildman–Crippen MR) is 118 cm³/mol. The molecule has 0 saturated carbocycles.